The number of nitrogens with zero attached hydrogens (tertiary/aromatic N) is 2. The quantitative estimate of drug-likeness (QED) is 0.754. The standard InChI is InChI=1S/C13H23N5/c1-18(2)13(7-3-4-8-13)9-16-11-6-5-10(14)12(15)17-11/h5-6H,3-4,7-9,14H2,1-2H3,(H3,15,16,17). The third-order valence-electron chi connectivity index (χ3n) is 4.04. The molecule has 0 atom stereocenters. The van der Waals surface area contributed by atoms with Crippen LogP contribution in [0.15, 0.2) is 12.1 Å². The molecule has 0 aliphatic heterocycles. The largest absolute Gasteiger partial charge is 0.396 e. The summed E-state index contributed by atoms with van der Waals surface area (Å²) < 4.78 is 0. The highest BCUT2D eigenvalue weighted by Crippen LogP contribution is 2.33. The van der Waals surface area contributed by atoms with E-state index in [0.717, 1.165) is 12.4 Å². The van der Waals surface area contributed by atoms with Crippen LogP contribution in [0.3, 0.4) is 0 Å². The van der Waals surface area contributed by atoms with Gasteiger partial charge in [-0.1, -0.05) is 12.8 Å². The molecule has 1 aromatic heterocycles. The second kappa shape index (κ2) is 5.02. The summed E-state index contributed by atoms with van der Waals surface area (Å²) in [5.41, 5.74) is 12.1. The number of anilines is 3. The lowest BCUT2D eigenvalue weighted by Crippen LogP contribution is -2.47. The molecule has 1 aromatic rings. The van der Waals surface area contributed by atoms with Gasteiger partial charge in [-0.05, 0) is 39.1 Å². The van der Waals surface area contributed by atoms with Crippen LogP contribution in [0.1, 0.15) is 25.7 Å². The van der Waals surface area contributed by atoms with Gasteiger partial charge in [-0.2, -0.15) is 0 Å². The maximum Gasteiger partial charge on any atom is 0.149 e. The molecule has 100 valence electrons. The first kappa shape index (κ1) is 13.0. The van der Waals surface area contributed by atoms with Crippen LogP contribution in [-0.4, -0.2) is 36.1 Å². The smallest absolute Gasteiger partial charge is 0.149 e. The first-order chi connectivity index (χ1) is 8.53. The second-order valence-corrected chi connectivity index (χ2v) is 5.35. The van der Waals surface area contributed by atoms with Crippen molar-refractivity contribution >= 4 is 17.3 Å². The van der Waals surface area contributed by atoms with E-state index < -0.39 is 0 Å². The van der Waals surface area contributed by atoms with Gasteiger partial charge in [-0.25, -0.2) is 4.98 Å². The number of pyridine rings is 1. The van der Waals surface area contributed by atoms with E-state index in [4.69, 9.17) is 11.5 Å². The van der Waals surface area contributed by atoms with Gasteiger partial charge < -0.3 is 21.7 Å². The van der Waals surface area contributed by atoms with Crippen LogP contribution in [0, 0.1) is 0 Å². The summed E-state index contributed by atoms with van der Waals surface area (Å²) in [5, 5.41) is 3.39. The van der Waals surface area contributed by atoms with Crippen molar-refractivity contribution < 1.29 is 0 Å². The molecule has 1 aliphatic carbocycles. The summed E-state index contributed by atoms with van der Waals surface area (Å²) in [4.78, 5) is 6.57. The normalized spacial score (nSPS) is 18.2. The molecule has 0 amide bonds. The highest BCUT2D eigenvalue weighted by atomic mass is 15.2. The fraction of sp³-hybridized carbons (Fsp3) is 0.615. The topological polar surface area (TPSA) is 80.2 Å². The van der Waals surface area contributed by atoms with Crippen LogP contribution < -0.4 is 16.8 Å². The van der Waals surface area contributed by atoms with Gasteiger partial charge in [-0.15, -0.1) is 0 Å². The van der Waals surface area contributed by atoms with Crippen molar-refractivity contribution in [3.8, 4) is 0 Å². The Morgan fingerprint density at radius 3 is 2.50 bits per heavy atom. The predicted molar refractivity (Wildman–Crippen MR) is 76.4 cm³/mol. The Kier molecular flexibility index (Phi) is 3.61. The van der Waals surface area contributed by atoms with Gasteiger partial charge in [0.2, 0.25) is 0 Å². The summed E-state index contributed by atoms with van der Waals surface area (Å²) >= 11 is 0. The molecule has 0 unspecified atom stereocenters. The Labute approximate surface area is 109 Å². The van der Waals surface area contributed by atoms with E-state index in [2.05, 4.69) is 29.3 Å². The SMILES string of the molecule is CN(C)C1(CNc2ccc(N)c(N)n2)CCCC1. The first-order valence-corrected chi connectivity index (χ1v) is 6.47. The van der Waals surface area contributed by atoms with Gasteiger partial charge in [0, 0.05) is 12.1 Å². The van der Waals surface area contributed by atoms with Gasteiger partial charge in [0.05, 0.1) is 5.69 Å². The molecule has 0 spiro atoms. The van der Waals surface area contributed by atoms with Gasteiger partial charge in [0.25, 0.3) is 0 Å². The lowest BCUT2D eigenvalue weighted by molar-refractivity contribution is 0.172. The van der Waals surface area contributed by atoms with Crippen molar-refractivity contribution in [2.24, 2.45) is 0 Å². The Balaban J connectivity index is 2.03. The van der Waals surface area contributed by atoms with Gasteiger partial charge >= 0.3 is 0 Å². The molecular formula is C13H23N5. The minimum Gasteiger partial charge on any atom is -0.396 e. The monoisotopic (exact) mass is 249 g/mol. The van der Waals surface area contributed by atoms with Crippen LogP contribution in [0.5, 0.6) is 0 Å². The van der Waals surface area contributed by atoms with Crippen LogP contribution in [0.4, 0.5) is 17.3 Å². The molecule has 1 aliphatic rings. The molecule has 0 saturated heterocycles. The molecule has 5 heteroatoms. The molecule has 0 aromatic carbocycles. The number of nitrogens with two attached hydrogens (primary N) is 2. The number of aromatic nitrogens is 1. The van der Waals surface area contributed by atoms with E-state index in [1.165, 1.54) is 25.7 Å². The maximum absolute atomic E-state index is 5.71. The van der Waals surface area contributed by atoms with Gasteiger partial charge in [0.15, 0.2) is 0 Å². The zero-order valence-corrected chi connectivity index (χ0v) is 11.2. The summed E-state index contributed by atoms with van der Waals surface area (Å²) in [6.45, 7) is 0.899. The van der Waals surface area contributed by atoms with E-state index in [1.807, 2.05) is 6.07 Å². The molecular weight excluding hydrogens is 226 g/mol. The summed E-state index contributed by atoms with van der Waals surface area (Å²) in [7, 11) is 4.30. The number of rotatable bonds is 4. The molecule has 5 N–H and O–H groups in total. The Morgan fingerprint density at radius 1 is 1.28 bits per heavy atom. The average Bonchev–Trinajstić information content (AvgIpc) is 2.81. The van der Waals surface area contributed by atoms with E-state index in [9.17, 15) is 0 Å². The summed E-state index contributed by atoms with van der Waals surface area (Å²) in [5.74, 6) is 1.19. The van der Waals surface area contributed by atoms with Crippen LogP contribution in [0.25, 0.3) is 0 Å². The number of likely N-dealkylation sites (N-methyl/N-ethyl adjacent to an activating group) is 1. The van der Waals surface area contributed by atoms with E-state index in [0.29, 0.717) is 11.5 Å². The third kappa shape index (κ3) is 2.51. The summed E-state index contributed by atoms with van der Waals surface area (Å²) in [6.07, 6.45) is 5.07. The molecule has 1 fully saturated rings. The zero-order chi connectivity index (χ0) is 13.2. The molecule has 0 bridgehead atoms. The minimum atomic E-state index is 0.248. The second-order valence-electron chi connectivity index (χ2n) is 5.35. The van der Waals surface area contributed by atoms with E-state index >= 15 is 0 Å². The van der Waals surface area contributed by atoms with E-state index in [1.54, 1.807) is 6.07 Å². The Bertz CT molecular complexity index is 410. The predicted octanol–water partition coefficient (Wildman–Crippen LogP) is 1.53. The summed E-state index contributed by atoms with van der Waals surface area (Å²) in [6, 6.07) is 3.67. The van der Waals surface area contributed by atoms with Crippen molar-refractivity contribution in [3.05, 3.63) is 12.1 Å². The van der Waals surface area contributed by atoms with E-state index in [-0.39, 0.29) is 5.54 Å². The lowest BCUT2D eigenvalue weighted by Gasteiger charge is -2.36. The molecule has 1 saturated carbocycles. The van der Waals surface area contributed by atoms with Crippen molar-refractivity contribution in [1.29, 1.82) is 0 Å². The van der Waals surface area contributed by atoms with Crippen molar-refractivity contribution in [1.82, 2.24) is 9.88 Å². The van der Waals surface area contributed by atoms with Crippen LogP contribution in [-0.2, 0) is 0 Å². The fourth-order valence-corrected chi connectivity index (χ4v) is 2.65. The van der Waals surface area contributed by atoms with Crippen LogP contribution >= 0.6 is 0 Å². The molecule has 1 heterocycles. The number of hydrogen-bond acceptors (Lipinski definition) is 5. The number of nitrogen functional groups attached to an aromatic ring is 2. The van der Waals surface area contributed by atoms with Crippen molar-refractivity contribution in [2.45, 2.75) is 31.2 Å². The number of hydrogen-bond donors (Lipinski definition) is 3. The highest BCUT2D eigenvalue weighted by molar-refractivity contribution is 5.61. The fourth-order valence-electron chi connectivity index (χ4n) is 2.65. The molecule has 5 nitrogen and oxygen atoms in total. The molecule has 18 heavy (non-hydrogen) atoms. The number of nitrogens with one attached hydrogen (secondary N) is 1. The average molecular weight is 249 g/mol. The first-order valence-electron chi connectivity index (χ1n) is 6.47. The van der Waals surface area contributed by atoms with Crippen molar-refractivity contribution in [2.75, 3.05) is 37.4 Å². The molecule has 0 radical (unpaired) electrons. The Hall–Kier alpha value is -1.49. The third-order valence-corrected chi connectivity index (χ3v) is 4.04. The van der Waals surface area contributed by atoms with Crippen molar-refractivity contribution in [3.63, 3.8) is 0 Å². The highest BCUT2D eigenvalue weighted by Gasteiger charge is 2.35. The Morgan fingerprint density at radius 2 is 1.94 bits per heavy atom. The van der Waals surface area contributed by atoms with Crippen LogP contribution in [0.2, 0.25) is 0 Å². The van der Waals surface area contributed by atoms with Gasteiger partial charge in [0.1, 0.15) is 11.6 Å². The molecule has 2 rings (SSSR count). The lowest BCUT2D eigenvalue weighted by atomic mass is 9.96. The maximum atomic E-state index is 5.71. The minimum absolute atomic E-state index is 0.248. The van der Waals surface area contributed by atoms with Gasteiger partial charge in [-0.3, -0.25) is 0 Å². The zero-order valence-electron chi connectivity index (χ0n) is 11.2.